The van der Waals surface area contributed by atoms with E-state index in [-0.39, 0.29) is 12.1 Å². The lowest BCUT2D eigenvalue weighted by Crippen LogP contribution is -2.54. The van der Waals surface area contributed by atoms with Gasteiger partial charge in [0.1, 0.15) is 0 Å². The fourth-order valence-corrected chi connectivity index (χ4v) is 4.66. The Labute approximate surface area is 144 Å². The lowest BCUT2D eigenvalue weighted by atomic mass is 9.93. The van der Waals surface area contributed by atoms with Gasteiger partial charge in [0.25, 0.3) is 0 Å². The second kappa shape index (κ2) is 6.75. The van der Waals surface area contributed by atoms with Crippen LogP contribution < -0.4 is 5.32 Å². The average molecular weight is 331 g/mol. The molecule has 0 bridgehead atoms. The van der Waals surface area contributed by atoms with Crippen LogP contribution in [0.4, 0.5) is 4.79 Å². The molecule has 1 aromatic rings. The van der Waals surface area contributed by atoms with Crippen molar-refractivity contribution in [2.75, 3.05) is 26.2 Å². The molecular formula is C18H29N5O. The van der Waals surface area contributed by atoms with Crippen molar-refractivity contribution in [2.45, 2.75) is 57.0 Å². The molecule has 0 spiro atoms. The number of fused-ring (bicyclic) bond motifs is 1. The largest absolute Gasteiger partial charge is 0.331 e. The van der Waals surface area contributed by atoms with E-state index < -0.39 is 0 Å². The molecule has 3 aliphatic rings. The molecule has 132 valence electrons. The predicted molar refractivity (Wildman–Crippen MR) is 92.8 cm³/mol. The average Bonchev–Trinajstić information content (AvgIpc) is 3.26. The fraction of sp³-hybridized carbons (Fsp3) is 0.778. The number of aromatic nitrogens is 2. The van der Waals surface area contributed by atoms with Gasteiger partial charge in [0.2, 0.25) is 0 Å². The van der Waals surface area contributed by atoms with Gasteiger partial charge in [0.05, 0.1) is 12.2 Å². The van der Waals surface area contributed by atoms with E-state index >= 15 is 0 Å². The summed E-state index contributed by atoms with van der Waals surface area (Å²) in [5, 5.41) is 7.63. The van der Waals surface area contributed by atoms with Gasteiger partial charge in [-0.15, -0.1) is 0 Å². The van der Waals surface area contributed by atoms with Gasteiger partial charge in [-0.3, -0.25) is 9.58 Å². The summed E-state index contributed by atoms with van der Waals surface area (Å²) in [6, 6.07) is 0.997. The molecule has 2 aliphatic carbocycles. The van der Waals surface area contributed by atoms with E-state index in [0.29, 0.717) is 0 Å². The van der Waals surface area contributed by atoms with Crippen LogP contribution in [-0.2, 0) is 13.5 Å². The summed E-state index contributed by atoms with van der Waals surface area (Å²) in [5.41, 5.74) is 2.49. The van der Waals surface area contributed by atoms with E-state index in [4.69, 9.17) is 0 Å². The summed E-state index contributed by atoms with van der Waals surface area (Å²) < 4.78 is 1.95. The second-order valence-electron chi connectivity index (χ2n) is 7.53. The Morgan fingerprint density at radius 2 is 1.88 bits per heavy atom. The Morgan fingerprint density at radius 1 is 1.12 bits per heavy atom. The molecule has 1 saturated heterocycles. The van der Waals surface area contributed by atoms with Crippen LogP contribution in [0.2, 0.25) is 0 Å². The Hall–Kier alpha value is -1.56. The number of amides is 2. The number of hydrogen-bond acceptors (Lipinski definition) is 3. The van der Waals surface area contributed by atoms with Crippen LogP contribution in [0.1, 0.15) is 55.8 Å². The predicted octanol–water partition coefficient (Wildman–Crippen LogP) is 2.07. The standard InChI is InChI=1S/C18H29N5O/c1-21-17-8-4-7-16(15(17)13-19-21)20-18(24)23-11-9-22(10-12-23)14-5-2-3-6-14/h13-14,16H,2-12H2,1H3,(H,20,24)/t16-/m1/s1. The molecule has 2 fully saturated rings. The van der Waals surface area contributed by atoms with Crippen molar-refractivity contribution in [1.29, 1.82) is 0 Å². The van der Waals surface area contributed by atoms with Crippen LogP contribution in [0.25, 0.3) is 0 Å². The zero-order valence-corrected chi connectivity index (χ0v) is 14.7. The maximum Gasteiger partial charge on any atom is 0.317 e. The number of carbonyl (C=O) groups is 1. The molecule has 1 aliphatic heterocycles. The van der Waals surface area contributed by atoms with Gasteiger partial charge in [-0.05, 0) is 32.1 Å². The van der Waals surface area contributed by atoms with Crippen molar-refractivity contribution < 1.29 is 4.79 Å². The first-order chi connectivity index (χ1) is 11.7. The van der Waals surface area contributed by atoms with E-state index in [1.54, 1.807) is 0 Å². The fourth-order valence-electron chi connectivity index (χ4n) is 4.66. The lowest BCUT2D eigenvalue weighted by molar-refractivity contribution is 0.108. The van der Waals surface area contributed by atoms with Crippen LogP contribution >= 0.6 is 0 Å². The zero-order valence-electron chi connectivity index (χ0n) is 14.7. The Kier molecular flexibility index (Phi) is 4.48. The SMILES string of the molecule is Cn1ncc2c1CCC[C@H]2NC(=O)N1CCN(C2CCCC2)CC1. The van der Waals surface area contributed by atoms with Crippen LogP contribution in [0, 0.1) is 0 Å². The molecule has 0 radical (unpaired) electrons. The van der Waals surface area contributed by atoms with Crippen molar-refractivity contribution in [2.24, 2.45) is 7.05 Å². The summed E-state index contributed by atoms with van der Waals surface area (Å²) >= 11 is 0. The summed E-state index contributed by atoms with van der Waals surface area (Å²) in [6.45, 7) is 3.77. The molecular weight excluding hydrogens is 302 g/mol. The summed E-state index contributed by atoms with van der Waals surface area (Å²) in [7, 11) is 1.99. The summed E-state index contributed by atoms with van der Waals surface area (Å²) in [6.07, 6.45) is 10.6. The topological polar surface area (TPSA) is 53.4 Å². The molecule has 2 amide bonds. The molecule has 2 heterocycles. The number of piperazine rings is 1. The molecule has 4 rings (SSSR count). The van der Waals surface area contributed by atoms with Gasteiger partial charge in [-0.2, -0.15) is 5.10 Å². The highest BCUT2D eigenvalue weighted by atomic mass is 16.2. The minimum absolute atomic E-state index is 0.0998. The van der Waals surface area contributed by atoms with E-state index in [1.807, 2.05) is 22.8 Å². The third-order valence-electron chi connectivity index (χ3n) is 6.12. The van der Waals surface area contributed by atoms with Gasteiger partial charge < -0.3 is 10.2 Å². The van der Waals surface area contributed by atoms with Gasteiger partial charge in [-0.25, -0.2) is 4.79 Å². The number of nitrogens with zero attached hydrogens (tertiary/aromatic N) is 4. The highest BCUT2D eigenvalue weighted by molar-refractivity contribution is 5.75. The quantitative estimate of drug-likeness (QED) is 0.902. The number of aryl methyl sites for hydroxylation is 1. The van der Waals surface area contributed by atoms with E-state index in [2.05, 4.69) is 15.3 Å². The maximum atomic E-state index is 12.7. The maximum absolute atomic E-state index is 12.7. The Balaban J connectivity index is 1.33. The third-order valence-corrected chi connectivity index (χ3v) is 6.12. The summed E-state index contributed by atoms with van der Waals surface area (Å²) in [4.78, 5) is 17.3. The molecule has 1 aromatic heterocycles. The van der Waals surface area contributed by atoms with Crippen LogP contribution in [0.5, 0.6) is 0 Å². The first-order valence-electron chi connectivity index (χ1n) is 9.52. The van der Waals surface area contributed by atoms with Gasteiger partial charge in [0, 0.05) is 50.5 Å². The monoisotopic (exact) mass is 331 g/mol. The van der Waals surface area contributed by atoms with Crippen molar-refractivity contribution >= 4 is 6.03 Å². The molecule has 0 aromatic carbocycles. The first-order valence-corrected chi connectivity index (χ1v) is 9.52. The second-order valence-corrected chi connectivity index (χ2v) is 7.53. The smallest absolute Gasteiger partial charge is 0.317 e. The highest BCUT2D eigenvalue weighted by Crippen LogP contribution is 2.29. The Morgan fingerprint density at radius 3 is 2.62 bits per heavy atom. The Bertz CT molecular complexity index is 584. The van der Waals surface area contributed by atoms with Crippen LogP contribution in [0.15, 0.2) is 6.20 Å². The lowest BCUT2D eigenvalue weighted by Gasteiger charge is -2.38. The minimum Gasteiger partial charge on any atom is -0.331 e. The van der Waals surface area contributed by atoms with Crippen LogP contribution in [0.3, 0.4) is 0 Å². The van der Waals surface area contributed by atoms with Gasteiger partial charge in [0.15, 0.2) is 0 Å². The zero-order chi connectivity index (χ0) is 16.5. The number of carbonyl (C=O) groups excluding carboxylic acids is 1. The molecule has 0 unspecified atom stereocenters. The van der Waals surface area contributed by atoms with Gasteiger partial charge in [-0.1, -0.05) is 12.8 Å². The minimum atomic E-state index is 0.0998. The molecule has 6 heteroatoms. The number of rotatable bonds is 2. The molecule has 1 N–H and O–H groups in total. The van der Waals surface area contributed by atoms with Crippen molar-refractivity contribution in [1.82, 2.24) is 24.9 Å². The van der Waals surface area contributed by atoms with Crippen molar-refractivity contribution in [3.05, 3.63) is 17.5 Å². The number of hydrogen-bond donors (Lipinski definition) is 1. The third kappa shape index (κ3) is 3.04. The van der Waals surface area contributed by atoms with E-state index in [9.17, 15) is 4.79 Å². The molecule has 1 atom stereocenters. The van der Waals surface area contributed by atoms with E-state index in [0.717, 1.165) is 51.5 Å². The number of urea groups is 1. The van der Waals surface area contributed by atoms with Gasteiger partial charge >= 0.3 is 6.03 Å². The van der Waals surface area contributed by atoms with Crippen LogP contribution in [-0.4, -0.2) is 57.8 Å². The first kappa shape index (κ1) is 15.9. The highest BCUT2D eigenvalue weighted by Gasteiger charge is 2.30. The molecule has 1 saturated carbocycles. The molecule has 24 heavy (non-hydrogen) atoms. The normalized spacial score (nSPS) is 25.7. The summed E-state index contributed by atoms with van der Waals surface area (Å²) in [5.74, 6) is 0. The van der Waals surface area contributed by atoms with E-state index in [1.165, 1.54) is 36.9 Å². The van der Waals surface area contributed by atoms with Crippen molar-refractivity contribution in [3.8, 4) is 0 Å². The molecule has 6 nitrogen and oxygen atoms in total. The van der Waals surface area contributed by atoms with Crippen molar-refractivity contribution in [3.63, 3.8) is 0 Å². The number of nitrogens with one attached hydrogen (secondary N) is 1.